The maximum Gasteiger partial charge on any atom is 0.437 e. The summed E-state index contributed by atoms with van der Waals surface area (Å²) in [7, 11) is 0. The number of hydrogen-bond acceptors (Lipinski definition) is 6. The minimum absolute atomic E-state index is 0.150. The van der Waals surface area contributed by atoms with Crippen molar-refractivity contribution in [2.75, 3.05) is 0 Å². The lowest BCUT2D eigenvalue weighted by atomic mass is 9.63. The molecule has 0 aliphatic heterocycles. The zero-order valence-electron chi connectivity index (χ0n) is 24.0. The van der Waals surface area contributed by atoms with Crippen LogP contribution in [0.3, 0.4) is 0 Å². The van der Waals surface area contributed by atoms with Crippen LogP contribution in [0.15, 0.2) is 47.1 Å². The predicted octanol–water partition coefficient (Wildman–Crippen LogP) is 7.40. The summed E-state index contributed by atoms with van der Waals surface area (Å²) in [5.41, 5.74) is -2.54. The van der Waals surface area contributed by atoms with E-state index in [0.717, 1.165) is 5.57 Å². The maximum absolute atomic E-state index is 13.8. The third kappa shape index (κ3) is 6.94. The first-order chi connectivity index (χ1) is 19.3. The molecule has 0 amide bonds. The molecular formula is C30H36F6O6. The molecule has 3 rings (SSSR count). The zero-order chi connectivity index (χ0) is 31.7. The summed E-state index contributed by atoms with van der Waals surface area (Å²) in [6.45, 7) is 8.98. The smallest absolute Gasteiger partial charge is 0.437 e. The summed E-state index contributed by atoms with van der Waals surface area (Å²) in [5, 5.41) is 0. The van der Waals surface area contributed by atoms with E-state index in [4.69, 9.17) is 9.47 Å². The van der Waals surface area contributed by atoms with E-state index >= 15 is 0 Å². The molecule has 4 atom stereocenters. The number of alkyl halides is 6. The van der Waals surface area contributed by atoms with Crippen molar-refractivity contribution in [2.24, 2.45) is 11.3 Å². The SMILES string of the molecule is C=C1/C(=C\C=C2/CCC[C@]3(C)C(CCC(OC(C)=O)(C(F)(F)F)C(F)(F)F)=CCC23)CC(OC(C)=O)C[C@@H]1OC(C)=O. The highest BCUT2D eigenvalue weighted by Gasteiger charge is 2.73. The van der Waals surface area contributed by atoms with Crippen molar-refractivity contribution in [1.82, 2.24) is 0 Å². The highest BCUT2D eigenvalue weighted by molar-refractivity contribution is 5.68. The molecule has 2 unspecified atom stereocenters. The van der Waals surface area contributed by atoms with Gasteiger partial charge in [0.05, 0.1) is 0 Å². The third-order valence-electron chi connectivity index (χ3n) is 8.56. The second-order valence-electron chi connectivity index (χ2n) is 11.4. The predicted molar refractivity (Wildman–Crippen MR) is 140 cm³/mol. The molecule has 3 aliphatic rings. The largest absolute Gasteiger partial charge is 0.462 e. The van der Waals surface area contributed by atoms with Gasteiger partial charge in [0.2, 0.25) is 0 Å². The van der Waals surface area contributed by atoms with Crippen LogP contribution in [0.1, 0.15) is 79.1 Å². The first-order valence-electron chi connectivity index (χ1n) is 13.8. The summed E-state index contributed by atoms with van der Waals surface area (Å²) < 4.78 is 97.6. The van der Waals surface area contributed by atoms with Crippen LogP contribution < -0.4 is 0 Å². The number of fused-ring (bicyclic) bond motifs is 1. The normalized spacial score (nSPS) is 28.8. The Kier molecular flexibility index (Phi) is 9.78. The Balaban J connectivity index is 1.86. The number of allylic oxidation sites excluding steroid dienone is 5. The molecule has 0 spiro atoms. The number of halogens is 6. The van der Waals surface area contributed by atoms with E-state index in [1.54, 1.807) is 6.08 Å². The molecule has 0 radical (unpaired) electrons. The Morgan fingerprint density at radius 1 is 1.00 bits per heavy atom. The summed E-state index contributed by atoms with van der Waals surface area (Å²) in [6, 6.07) is 0. The monoisotopic (exact) mass is 606 g/mol. The van der Waals surface area contributed by atoms with Crippen molar-refractivity contribution in [1.29, 1.82) is 0 Å². The van der Waals surface area contributed by atoms with Crippen molar-refractivity contribution < 1.29 is 54.9 Å². The summed E-state index contributed by atoms with van der Waals surface area (Å²) in [4.78, 5) is 34.5. The quantitative estimate of drug-likeness (QED) is 0.130. The number of esters is 3. The molecule has 0 heterocycles. The highest BCUT2D eigenvalue weighted by atomic mass is 19.4. The molecule has 234 valence electrons. The van der Waals surface area contributed by atoms with Gasteiger partial charge in [0.15, 0.2) is 0 Å². The molecule has 2 saturated carbocycles. The average molecular weight is 607 g/mol. The Labute approximate surface area is 240 Å². The summed E-state index contributed by atoms with van der Waals surface area (Å²) >= 11 is 0. The van der Waals surface area contributed by atoms with Gasteiger partial charge in [-0.2, -0.15) is 26.3 Å². The van der Waals surface area contributed by atoms with Crippen LogP contribution in [0.2, 0.25) is 0 Å². The summed E-state index contributed by atoms with van der Waals surface area (Å²) in [6.07, 6.45) is -6.55. The van der Waals surface area contributed by atoms with Crippen LogP contribution >= 0.6 is 0 Å². The molecular weight excluding hydrogens is 570 g/mol. The van der Waals surface area contributed by atoms with E-state index in [1.807, 2.05) is 19.1 Å². The second kappa shape index (κ2) is 12.3. The van der Waals surface area contributed by atoms with E-state index in [-0.39, 0.29) is 12.3 Å². The number of rotatable bonds is 7. The summed E-state index contributed by atoms with van der Waals surface area (Å²) in [5.74, 6) is -2.80. The van der Waals surface area contributed by atoms with Crippen LogP contribution in [0.4, 0.5) is 26.3 Å². The average Bonchev–Trinajstić information content (AvgIpc) is 3.16. The van der Waals surface area contributed by atoms with E-state index in [9.17, 15) is 40.7 Å². The van der Waals surface area contributed by atoms with Crippen LogP contribution in [-0.2, 0) is 28.6 Å². The van der Waals surface area contributed by atoms with Gasteiger partial charge >= 0.3 is 35.9 Å². The van der Waals surface area contributed by atoms with Crippen LogP contribution in [0.5, 0.6) is 0 Å². The topological polar surface area (TPSA) is 78.9 Å². The number of ether oxygens (including phenoxy) is 3. The molecule has 0 saturated heterocycles. The lowest BCUT2D eigenvalue weighted by molar-refractivity contribution is -0.371. The van der Waals surface area contributed by atoms with Gasteiger partial charge < -0.3 is 14.2 Å². The molecule has 3 aliphatic carbocycles. The number of hydrogen-bond donors (Lipinski definition) is 0. The van der Waals surface area contributed by atoms with Gasteiger partial charge in [0.1, 0.15) is 12.2 Å². The fourth-order valence-electron chi connectivity index (χ4n) is 6.53. The van der Waals surface area contributed by atoms with Crippen LogP contribution in [-0.4, -0.2) is 48.1 Å². The van der Waals surface area contributed by atoms with Gasteiger partial charge in [0, 0.05) is 40.0 Å². The molecule has 0 aromatic carbocycles. The number of carbonyl (C=O) groups is 3. The first-order valence-corrected chi connectivity index (χ1v) is 13.8. The Hall–Kier alpha value is -3.05. The van der Waals surface area contributed by atoms with Gasteiger partial charge in [-0.1, -0.05) is 42.9 Å². The van der Waals surface area contributed by atoms with Crippen molar-refractivity contribution in [3.05, 3.63) is 47.1 Å². The Morgan fingerprint density at radius 3 is 2.17 bits per heavy atom. The van der Waals surface area contributed by atoms with Gasteiger partial charge in [0.25, 0.3) is 0 Å². The third-order valence-corrected chi connectivity index (χ3v) is 8.56. The van der Waals surface area contributed by atoms with E-state index in [2.05, 4.69) is 11.3 Å². The first kappa shape index (κ1) is 33.5. The molecule has 2 fully saturated rings. The standard InChI is InChI=1S/C30H36F6O6/c1-17-22(15-24(40-18(2)37)16-26(17)41-19(3)38)9-8-21-7-6-13-27(5)23(10-11-25(21)27)12-14-28(29(31,32)33,30(34,35)36)42-20(4)39/h8-10,24-26H,1,6-7,11-16H2,2-5H3/b21-8+,22-9-/t24?,25?,26-,27+/m0/s1. The minimum Gasteiger partial charge on any atom is -0.462 e. The van der Waals surface area contributed by atoms with E-state index in [1.165, 1.54) is 13.8 Å². The Morgan fingerprint density at radius 2 is 1.62 bits per heavy atom. The highest BCUT2D eigenvalue weighted by Crippen LogP contribution is 2.57. The van der Waals surface area contributed by atoms with Crippen molar-refractivity contribution >= 4 is 17.9 Å². The number of carbonyl (C=O) groups excluding carboxylic acids is 3. The zero-order valence-corrected chi connectivity index (χ0v) is 24.0. The molecule has 0 N–H and O–H groups in total. The van der Waals surface area contributed by atoms with Gasteiger partial charge in [-0.15, -0.1) is 0 Å². The van der Waals surface area contributed by atoms with Gasteiger partial charge in [-0.3, -0.25) is 14.4 Å². The molecule has 6 nitrogen and oxygen atoms in total. The van der Waals surface area contributed by atoms with Crippen molar-refractivity contribution in [2.45, 2.75) is 109 Å². The van der Waals surface area contributed by atoms with Gasteiger partial charge in [-0.25, -0.2) is 0 Å². The second-order valence-corrected chi connectivity index (χ2v) is 11.4. The van der Waals surface area contributed by atoms with Gasteiger partial charge in [-0.05, 0) is 54.6 Å². The Bertz CT molecular complexity index is 1180. The van der Waals surface area contributed by atoms with Crippen LogP contribution in [0.25, 0.3) is 0 Å². The molecule has 0 bridgehead atoms. The lowest BCUT2D eigenvalue weighted by Crippen LogP contribution is -2.59. The fraction of sp³-hybridized carbons (Fsp3) is 0.633. The molecule has 0 aromatic rings. The molecule has 0 aromatic heterocycles. The van der Waals surface area contributed by atoms with Crippen molar-refractivity contribution in [3.63, 3.8) is 0 Å². The molecule has 12 heteroatoms. The fourth-order valence-corrected chi connectivity index (χ4v) is 6.53. The minimum atomic E-state index is -5.85. The maximum atomic E-state index is 13.8. The van der Waals surface area contributed by atoms with E-state index < -0.39 is 66.3 Å². The lowest BCUT2D eigenvalue weighted by Gasteiger charge is -2.42. The van der Waals surface area contributed by atoms with Crippen molar-refractivity contribution in [3.8, 4) is 0 Å². The van der Waals surface area contributed by atoms with Crippen LogP contribution in [0, 0.1) is 11.3 Å². The van der Waals surface area contributed by atoms with E-state index in [0.29, 0.717) is 55.7 Å². The molecule has 42 heavy (non-hydrogen) atoms.